The molecule has 1 aliphatic heterocycles. The summed E-state index contributed by atoms with van der Waals surface area (Å²) in [6.45, 7) is 4.64. The van der Waals surface area contributed by atoms with Crippen LogP contribution >= 0.6 is 11.6 Å². The van der Waals surface area contributed by atoms with Gasteiger partial charge in [0.05, 0.1) is 23.7 Å². The molecule has 0 spiro atoms. The maximum atomic E-state index is 14.5. The lowest BCUT2D eigenvalue weighted by Crippen LogP contribution is -2.46. The lowest BCUT2D eigenvalue weighted by Gasteiger charge is -2.32. The minimum Gasteiger partial charge on any atom is -0.466 e. The summed E-state index contributed by atoms with van der Waals surface area (Å²) in [6.07, 6.45) is 5.34. The average Bonchev–Trinajstić information content (AvgIpc) is 3.23. The van der Waals surface area contributed by atoms with E-state index < -0.39 is 11.9 Å². The van der Waals surface area contributed by atoms with Gasteiger partial charge in [-0.25, -0.2) is 19.3 Å². The van der Waals surface area contributed by atoms with Crippen LogP contribution in [0.5, 0.6) is 0 Å². The molecule has 33 heavy (non-hydrogen) atoms. The Morgan fingerprint density at radius 2 is 2.09 bits per heavy atom. The molecule has 4 rings (SSSR count). The summed E-state index contributed by atoms with van der Waals surface area (Å²) in [6, 6.07) is 1.00. The fraction of sp³-hybridized carbons (Fsp3) is 0.409. The monoisotopic (exact) mass is 474 g/mol. The Balaban J connectivity index is 1.46. The summed E-state index contributed by atoms with van der Waals surface area (Å²) in [5.74, 6) is -1.09. The number of pyridine rings is 1. The first kappa shape index (κ1) is 22.9. The van der Waals surface area contributed by atoms with E-state index in [0.717, 1.165) is 6.20 Å². The standard InChI is InChI=1S/C22H24ClFN6O3/c1-3-33-22(32)13-4-6-30(7-5-13)21(31)12(2)28-20-17(24)11-27-19(29-20)16-10-26-18-15(16)8-14(23)9-25-18/h8-13H,3-7H2,1-2H3,(H,25,26)(H,27,28,29)/t12-/m0/s1. The maximum absolute atomic E-state index is 14.5. The number of aromatic nitrogens is 4. The van der Waals surface area contributed by atoms with Crippen LogP contribution < -0.4 is 5.32 Å². The molecule has 3 aromatic heterocycles. The lowest BCUT2D eigenvalue weighted by molar-refractivity contribution is -0.151. The molecule has 0 aliphatic carbocycles. The zero-order chi connectivity index (χ0) is 23.5. The van der Waals surface area contributed by atoms with Crippen molar-refractivity contribution in [1.29, 1.82) is 0 Å². The van der Waals surface area contributed by atoms with Crippen molar-refractivity contribution in [3.8, 4) is 11.4 Å². The van der Waals surface area contributed by atoms with E-state index in [1.54, 1.807) is 31.0 Å². The average molecular weight is 475 g/mol. The number of amides is 1. The van der Waals surface area contributed by atoms with Gasteiger partial charge in [-0.1, -0.05) is 11.6 Å². The molecule has 1 atom stereocenters. The Bertz CT molecular complexity index is 1180. The van der Waals surface area contributed by atoms with Crippen molar-refractivity contribution in [3.05, 3.63) is 35.5 Å². The van der Waals surface area contributed by atoms with Crippen LogP contribution in [0.1, 0.15) is 26.7 Å². The highest BCUT2D eigenvalue weighted by Gasteiger charge is 2.30. The number of hydrogen-bond acceptors (Lipinski definition) is 7. The lowest BCUT2D eigenvalue weighted by atomic mass is 9.96. The van der Waals surface area contributed by atoms with Gasteiger partial charge in [0.1, 0.15) is 11.7 Å². The normalized spacial score (nSPS) is 15.5. The van der Waals surface area contributed by atoms with Crippen LogP contribution in [-0.2, 0) is 14.3 Å². The molecule has 4 heterocycles. The van der Waals surface area contributed by atoms with Gasteiger partial charge in [-0.2, -0.15) is 0 Å². The molecular formula is C22H24ClFN6O3. The first-order valence-electron chi connectivity index (χ1n) is 10.7. The number of nitrogens with zero attached hydrogens (tertiary/aromatic N) is 4. The second-order valence-electron chi connectivity index (χ2n) is 7.86. The van der Waals surface area contributed by atoms with Crippen molar-refractivity contribution in [3.63, 3.8) is 0 Å². The highest BCUT2D eigenvalue weighted by molar-refractivity contribution is 6.31. The molecule has 3 aromatic rings. The van der Waals surface area contributed by atoms with Gasteiger partial charge in [-0.15, -0.1) is 0 Å². The second kappa shape index (κ2) is 9.70. The molecule has 1 saturated heterocycles. The number of hydrogen-bond donors (Lipinski definition) is 2. The van der Waals surface area contributed by atoms with Crippen molar-refractivity contribution >= 4 is 40.3 Å². The summed E-state index contributed by atoms with van der Waals surface area (Å²) in [4.78, 5) is 42.1. The van der Waals surface area contributed by atoms with E-state index in [-0.39, 0.29) is 29.4 Å². The predicted molar refractivity (Wildman–Crippen MR) is 121 cm³/mol. The number of H-pyrrole nitrogens is 1. The first-order chi connectivity index (χ1) is 15.9. The van der Waals surface area contributed by atoms with Gasteiger partial charge in [0, 0.05) is 36.4 Å². The number of ether oxygens (including phenoxy) is 1. The molecule has 1 amide bonds. The Morgan fingerprint density at radius 3 is 2.82 bits per heavy atom. The van der Waals surface area contributed by atoms with Crippen LogP contribution in [0.15, 0.2) is 24.7 Å². The molecule has 0 saturated carbocycles. The summed E-state index contributed by atoms with van der Waals surface area (Å²) < 4.78 is 19.5. The first-order valence-corrected chi connectivity index (χ1v) is 11.1. The predicted octanol–water partition coefficient (Wildman–Crippen LogP) is 3.41. The van der Waals surface area contributed by atoms with Gasteiger partial charge >= 0.3 is 5.97 Å². The molecule has 0 radical (unpaired) electrons. The zero-order valence-corrected chi connectivity index (χ0v) is 19.0. The van der Waals surface area contributed by atoms with Crippen molar-refractivity contribution in [1.82, 2.24) is 24.8 Å². The molecule has 2 N–H and O–H groups in total. The zero-order valence-electron chi connectivity index (χ0n) is 18.3. The smallest absolute Gasteiger partial charge is 0.309 e. The third kappa shape index (κ3) is 4.90. The molecular weight excluding hydrogens is 451 g/mol. The topological polar surface area (TPSA) is 113 Å². The third-order valence-electron chi connectivity index (χ3n) is 5.63. The molecule has 174 valence electrons. The number of carbonyl (C=O) groups is 2. The number of likely N-dealkylation sites (tertiary alicyclic amines) is 1. The summed E-state index contributed by atoms with van der Waals surface area (Å²) in [5.41, 5.74) is 1.22. The maximum Gasteiger partial charge on any atom is 0.309 e. The van der Waals surface area contributed by atoms with E-state index in [9.17, 15) is 14.0 Å². The van der Waals surface area contributed by atoms with Crippen LogP contribution in [-0.4, -0.2) is 62.5 Å². The Morgan fingerprint density at radius 1 is 1.33 bits per heavy atom. The van der Waals surface area contributed by atoms with Crippen LogP contribution in [0, 0.1) is 11.7 Å². The van der Waals surface area contributed by atoms with E-state index in [1.165, 1.54) is 6.20 Å². The van der Waals surface area contributed by atoms with E-state index in [2.05, 4.69) is 25.3 Å². The number of aromatic amines is 1. The van der Waals surface area contributed by atoms with Crippen molar-refractivity contribution in [2.24, 2.45) is 5.92 Å². The number of rotatable bonds is 6. The number of halogens is 2. The van der Waals surface area contributed by atoms with Crippen LogP contribution in [0.3, 0.4) is 0 Å². The van der Waals surface area contributed by atoms with Gasteiger partial charge in [0.15, 0.2) is 17.5 Å². The van der Waals surface area contributed by atoms with E-state index in [0.29, 0.717) is 54.2 Å². The largest absolute Gasteiger partial charge is 0.466 e. The highest BCUT2D eigenvalue weighted by Crippen LogP contribution is 2.28. The van der Waals surface area contributed by atoms with Crippen molar-refractivity contribution < 1.29 is 18.7 Å². The fourth-order valence-corrected chi connectivity index (χ4v) is 4.06. The second-order valence-corrected chi connectivity index (χ2v) is 8.30. The number of carbonyl (C=O) groups excluding carboxylic acids is 2. The summed E-state index contributed by atoms with van der Waals surface area (Å²) in [5, 5.41) is 4.02. The highest BCUT2D eigenvalue weighted by atomic mass is 35.5. The number of fused-ring (bicyclic) bond motifs is 1. The molecule has 0 bridgehead atoms. The van der Waals surface area contributed by atoms with Crippen LogP contribution in [0.4, 0.5) is 10.2 Å². The van der Waals surface area contributed by atoms with Gasteiger partial charge in [0.2, 0.25) is 5.91 Å². The fourth-order valence-electron chi connectivity index (χ4n) is 3.90. The number of piperidine rings is 1. The Labute approximate surface area is 194 Å². The summed E-state index contributed by atoms with van der Waals surface area (Å²) >= 11 is 6.05. The SMILES string of the molecule is CCOC(=O)C1CCN(C(=O)[C@H](C)Nc2nc(-c3c[nH]c4ncc(Cl)cc34)ncc2F)CC1. The van der Waals surface area contributed by atoms with Crippen molar-refractivity contribution in [2.45, 2.75) is 32.7 Å². The van der Waals surface area contributed by atoms with E-state index in [1.807, 2.05) is 0 Å². The Kier molecular flexibility index (Phi) is 6.73. The minimum atomic E-state index is -0.722. The molecule has 0 aromatic carbocycles. The van der Waals surface area contributed by atoms with Gasteiger partial charge in [-0.05, 0) is 32.8 Å². The van der Waals surface area contributed by atoms with E-state index >= 15 is 0 Å². The number of nitrogens with one attached hydrogen (secondary N) is 2. The molecule has 1 aliphatic rings. The molecule has 1 fully saturated rings. The number of anilines is 1. The number of esters is 1. The Hall–Kier alpha value is -3.27. The van der Waals surface area contributed by atoms with E-state index in [4.69, 9.17) is 16.3 Å². The van der Waals surface area contributed by atoms with Crippen molar-refractivity contribution in [2.75, 3.05) is 25.0 Å². The van der Waals surface area contributed by atoms with Crippen LogP contribution in [0.25, 0.3) is 22.4 Å². The summed E-state index contributed by atoms with van der Waals surface area (Å²) in [7, 11) is 0. The quantitative estimate of drug-likeness (QED) is 0.526. The van der Waals surface area contributed by atoms with Gasteiger partial charge < -0.3 is 19.9 Å². The third-order valence-corrected chi connectivity index (χ3v) is 5.84. The van der Waals surface area contributed by atoms with Gasteiger partial charge in [-0.3, -0.25) is 9.59 Å². The minimum absolute atomic E-state index is 0.0772. The molecule has 11 heteroatoms. The van der Waals surface area contributed by atoms with Crippen LogP contribution in [0.2, 0.25) is 5.02 Å². The molecule has 9 nitrogen and oxygen atoms in total. The van der Waals surface area contributed by atoms with Gasteiger partial charge in [0.25, 0.3) is 0 Å². The molecule has 0 unspecified atom stereocenters.